The third-order valence-corrected chi connectivity index (χ3v) is 6.96. The van der Waals surface area contributed by atoms with Crippen LogP contribution in [0, 0.1) is 13.8 Å². The van der Waals surface area contributed by atoms with Gasteiger partial charge in [0, 0.05) is 42.8 Å². The molecular formula is C31H28N4O5. The standard InChI is InChI=1S/C31H28N4O5/c1-18-4-11-29(32-16-18)33-30(38)23-8-5-21(6-9-23)17-35-20(3)27(36)15-24-13-22(7-10-25(24)31(35)39)14-28(37)26-12-19(2)40-34-26/h4-13,16,20H,14-15,17H2,1-3H3,(H,32,33,38)/t20-/m1/s1. The molecule has 3 heterocycles. The first-order valence-electron chi connectivity index (χ1n) is 12.9. The van der Waals surface area contributed by atoms with Gasteiger partial charge in [0.25, 0.3) is 11.8 Å². The Morgan fingerprint density at radius 1 is 1.00 bits per heavy atom. The first-order chi connectivity index (χ1) is 19.2. The minimum atomic E-state index is -0.640. The van der Waals surface area contributed by atoms with Crippen molar-refractivity contribution in [2.24, 2.45) is 0 Å². The van der Waals surface area contributed by atoms with Crippen LogP contribution in [0.1, 0.15) is 66.1 Å². The van der Waals surface area contributed by atoms with Crippen LogP contribution in [0.3, 0.4) is 0 Å². The number of amides is 2. The molecule has 1 N–H and O–H groups in total. The predicted octanol–water partition coefficient (Wildman–Crippen LogP) is 4.52. The second kappa shape index (κ2) is 11.1. The van der Waals surface area contributed by atoms with Gasteiger partial charge in [-0.2, -0.15) is 0 Å². The maximum atomic E-state index is 13.6. The van der Waals surface area contributed by atoms with Gasteiger partial charge < -0.3 is 14.7 Å². The quantitative estimate of drug-likeness (QED) is 0.345. The number of aromatic nitrogens is 2. The summed E-state index contributed by atoms with van der Waals surface area (Å²) in [6.07, 6.45) is 1.86. The Morgan fingerprint density at radius 2 is 1.75 bits per heavy atom. The number of anilines is 1. The van der Waals surface area contributed by atoms with Crippen LogP contribution in [0.25, 0.3) is 0 Å². The van der Waals surface area contributed by atoms with Crippen molar-refractivity contribution in [3.8, 4) is 0 Å². The number of pyridine rings is 1. The molecule has 202 valence electrons. The van der Waals surface area contributed by atoms with Crippen LogP contribution in [0.2, 0.25) is 0 Å². The highest BCUT2D eigenvalue weighted by Crippen LogP contribution is 2.25. The van der Waals surface area contributed by atoms with E-state index in [-0.39, 0.29) is 48.5 Å². The number of Topliss-reactive ketones (excluding diaryl/α,β-unsaturated/α-hetero) is 2. The molecule has 1 atom stereocenters. The number of ketones is 2. The smallest absolute Gasteiger partial charge is 0.256 e. The minimum absolute atomic E-state index is 0.0841. The lowest BCUT2D eigenvalue weighted by Crippen LogP contribution is -2.41. The number of hydrogen-bond acceptors (Lipinski definition) is 7. The number of rotatable bonds is 7. The lowest BCUT2D eigenvalue weighted by Gasteiger charge is -2.26. The van der Waals surface area contributed by atoms with Gasteiger partial charge in [0.05, 0.1) is 6.04 Å². The number of nitrogens with one attached hydrogen (secondary N) is 1. The Hall–Kier alpha value is -4.92. The molecule has 2 aromatic heterocycles. The molecule has 9 nitrogen and oxygen atoms in total. The molecule has 2 aromatic carbocycles. The molecule has 0 bridgehead atoms. The first-order valence-corrected chi connectivity index (χ1v) is 12.9. The van der Waals surface area contributed by atoms with E-state index < -0.39 is 6.04 Å². The molecule has 1 aliphatic rings. The summed E-state index contributed by atoms with van der Waals surface area (Å²) >= 11 is 0. The van der Waals surface area contributed by atoms with E-state index in [4.69, 9.17) is 4.52 Å². The molecule has 2 amide bonds. The van der Waals surface area contributed by atoms with Crippen molar-refractivity contribution in [3.63, 3.8) is 0 Å². The van der Waals surface area contributed by atoms with Gasteiger partial charge in [0.15, 0.2) is 11.6 Å². The Balaban J connectivity index is 1.30. The highest BCUT2D eigenvalue weighted by Gasteiger charge is 2.32. The van der Waals surface area contributed by atoms with E-state index in [0.717, 1.165) is 11.1 Å². The number of nitrogens with zero attached hydrogens (tertiary/aromatic N) is 3. The number of fused-ring (bicyclic) bond motifs is 1. The number of carbonyl (C=O) groups is 4. The van der Waals surface area contributed by atoms with E-state index in [1.807, 2.05) is 13.0 Å². The molecule has 0 spiro atoms. The van der Waals surface area contributed by atoms with Gasteiger partial charge in [-0.3, -0.25) is 19.2 Å². The summed E-state index contributed by atoms with van der Waals surface area (Å²) in [6, 6.07) is 16.6. The summed E-state index contributed by atoms with van der Waals surface area (Å²) in [5.74, 6) is 0.161. The molecule has 40 heavy (non-hydrogen) atoms. The minimum Gasteiger partial charge on any atom is -0.361 e. The first kappa shape index (κ1) is 26.7. The normalized spacial score (nSPS) is 15.0. The summed E-state index contributed by atoms with van der Waals surface area (Å²) in [6.45, 7) is 5.56. The van der Waals surface area contributed by atoms with Gasteiger partial charge in [-0.15, -0.1) is 0 Å². The monoisotopic (exact) mass is 536 g/mol. The molecule has 0 saturated carbocycles. The second-order valence-electron chi connectivity index (χ2n) is 10.0. The second-order valence-corrected chi connectivity index (χ2v) is 10.0. The largest absolute Gasteiger partial charge is 0.361 e. The van der Waals surface area contributed by atoms with Crippen molar-refractivity contribution in [1.82, 2.24) is 15.0 Å². The Labute approximate surface area is 231 Å². The average molecular weight is 537 g/mol. The molecule has 1 aliphatic heterocycles. The zero-order chi connectivity index (χ0) is 28.4. The maximum Gasteiger partial charge on any atom is 0.256 e. The summed E-state index contributed by atoms with van der Waals surface area (Å²) in [7, 11) is 0. The van der Waals surface area contributed by atoms with Gasteiger partial charge in [0.1, 0.15) is 17.3 Å². The van der Waals surface area contributed by atoms with E-state index in [9.17, 15) is 19.2 Å². The zero-order valence-corrected chi connectivity index (χ0v) is 22.4. The van der Waals surface area contributed by atoms with E-state index in [0.29, 0.717) is 33.8 Å². The van der Waals surface area contributed by atoms with Crippen molar-refractivity contribution in [2.45, 2.75) is 46.2 Å². The molecule has 4 aromatic rings. The van der Waals surface area contributed by atoms with Crippen molar-refractivity contribution < 1.29 is 23.7 Å². The van der Waals surface area contributed by atoms with E-state index in [1.54, 1.807) is 79.5 Å². The van der Waals surface area contributed by atoms with E-state index >= 15 is 0 Å². The third-order valence-electron chi connectivity index (χ3n) is 6.96. The SMILES string of the molecule is Cc1ccc(NC(=O)c2ccc(CN3C(=O)c4ccc(CC(=O)c5cc(C)on5)cc4CC(=O)[C@H]3C)cc2)nc1. The number of hydrogen-bond donors (Lipinski definition) is 1. The fraction of sp³-hybridized carbons (Fsp3) is 0.226. The van der Waals surface area contributed by atoms with Crippen LogP contribution in [-0.4, -0.2) is 44.5 Å². The molecular weight excluding hydrogens is 508 g/mol. The van der Waals surface area contributed by atoms with Gasteiger partial charge in [-0.1, -0.05) is 35.5 Å². The molecule has 9 heteroatoms. The Bertz CT molecular complexity index is 1610. The maximum absolute atomic E-state index is 13.6. The van der Waals surface area contributed by atoms with Crippen molar-refractivity contribution in [2.75, 3.05) is 5.32 Å². The van der Waals surface area contributed by atoms with Crippen molar-refractivity contribution >= 4 is 29.2 Å². The summed E-state index contributed by atoms with van der Waals surface area (Å²) in [5, 5.41) is 6.53. The van der Waals surface area contributed by atoms with Crippen LogP contribution >= 0.6 is 0 Å². The number of aryl methyl sites for hydroxylation is 2. The zero-order valence-electron chi connectivity index (χ0n) is 22.4. The lowest BCUT2D eigenvalue weighted by molar-refractivity contribution is -0.122. The molecule has 0 saturated heterocycles. The van der Waals surface area contributed by atoms with Crippen LogP contribution in [0.15, 0.2) is 71.4 Å². The molecule has 0 fully saturated rings. The van der Waals surface area contributed by atoms with Gasteiger partial charge >= 0.3 is 0 Å². The van der Waals surface area contributed by atoms with Gasteiger partial charge in [-0.05, 0) is 67.3 Å². The highest BCUT2D eigenvalue weighted by molar-refractivity contribution is 6.04. The molecule has 5 rings (SSSR count). The summed E-state index contributed by atoms with van der Waals surface area (Å²) in [5.41, 5.74) is 4.21. The molecule has 0 aliphatic carbocycles. The summed E-state index contributed by atoms with van der Waals surface area (Å²) < 4.78 is 4.99. The fourth-order valence-corrected chi connectivity index (χ4v) is 4.62. The lowest BCUT2D eigenvalue weighted by atomic mass is 9.97. The van der Waals surface area contributed by atoms with Gasteiger partial charge in [0.2, 0.25) is 0 Å². The van der Waals surface area contributed by atoms with Crippen LogP contribution in [0.5, 0.6) is 0 Å². The number of benzene rings is 2. The highest BCUT2D eigenvalue weighted by atomic mass is 16.5. The van der Waals surface area contributed by atoms with Crippen molar-refractivity contribution in [1.29, 1.82) is 0 Å². The summed E-state index contributed by atoms with van der Waals surface area (Å²) in [4.78, 5) is 57.6. The van der Waals surface area contributed by atoms with E-state index in [2.05, 4.69) is 15.5 Å². The van der Waals surface area contributed by atoms with Crippen molar-refractivity contribution in [3.05, 3.63) is 112 Å². The molecule has 0 radical (unpaired) electrons. The van der Waals surface area contributed by atoms with E-state index in [1.165, 1.54) is 0 Å². The average Bonchev–Trinajstić information content (AvgIpc) is 3.36. The number of carbonyl (C=O) groups excluding carboxylic acids is 4. The van der Waals surface area contributed by atoms with Crippen LogP contribution in [-0.2, 0) is 24.2 Å². The van der Waals surface area contributed by atoms with Crippen LogP contribution < -0.4 is 5.32 Å². The molecule has 0 unspecified atom stereocenters. The Kier molecular flexibility index (Phi) is 7.37. The fourth-order valence-electron chi connectivity index (χ4n) is 4.62. The third kappa shape index (κ3) is 5.73. The topological polar surface area (TPSA) is 122 Å². The van der Waals surface area contributed by atoms with Crippen LogP contribution in [0.4, 0.5) is 5.82 Å². The Morgan fingerprint density at radius 3 is 2.42 bits per heavy atom. The van der Waals surface area contributed by atoms with Gasteiger partial charge in [-0.25, -0.2) is 4.98 Å². The predicted molar refractivity (Wildman–Crippen MR) is 147 cm³/mol.